The fourth-order valence-corrected chi connectivity index (χ4v) is 3.64. The fourth-order valence-electron chi connectivity index (χ4n) is 3.64. The zero-order valence-electron chi connectivity index (χ0n) is 11.1. The summed E-state index contributed by atoms with van der Waals surface area (Å²) in [7, 11) is 1.63. The van der Waals surface area contributed by atoms with Gasteiger partial charge in [0.05, 0.1) is 11.3 Å². The predicted octanol–water partition coefficient (Wildman–Crippen LogP) is 2.79. The molecule has 102 valence electrons. The van der Waals surface area contributed by atoms with E-state index in [9.17, 15) is 9.18 Å². The number of rotatable bonds is 3. The lowest BCUT2D eigenvalue weighted by atomic mass is 9.95. The van der Waals surface area contributed by atoms with Crippen molar-refractivity contribution in [2.45, 2.75) is 31.7 Å². The number of nitrogens with one attached hydrogen (secondary N) is 2. The summed E-state index contributed by atoms with van der Waals surface area (Å²) in [5.74, 6) is 0.858. The van der Waals surface area contributed by atoms with Gasteiger partial charge in [-0.1, -0.05) is 12.5 Å². The summed E-state index contributed by atoms with van der Waals surface area (Å²) in [6.07, 6.45) is 4.85. The number of carbonyl (C=O) groups is 1. The first-order valence-corrected chi connectivity index (χ1v) is 6.96. The van der Waals surface area contributed by atoms with E-state index in [4.69, 9.17) is 0 Å². The van der Waals surface area contributed by atoms with Crippen molar-refractivity contribution < 1.29 is 9.18 Å². The monoisotopic (exact) mass is 262 g/mol. The van der Waals surface area contributed by atoms with Crippen molar-refractivity contribution in [3.63, 3.8) is 0 Å². The molecule has 3 nitrogen and oxygen atoms in total. The van der Waals surface area contributed by atoms with Crippen LogP contribution in [0.2, 0.25) is 0 Å². The lowest BCUT2D eigenvalue weighted by molar-refractivity contribution is 0.0923. The minimum absolute atomic E-state index is 0.165. The van der Waals surface area contributed by atoms with Gasteiger partial charge in [-0.05, 0) is 43.2 Å². The number of halogens is 1. The zero-order valence-corrected chi connectivity index (χ0v) is 11.1. The largest absolute Gasteiger partial charge is 0.385 e. The molecule has 0 aliphatic heterocycles. The van der Waals surface area contributed by atoms with Crippen molar-refractivity contribution in [2.24, 2.45) is 11.8 Å². The minimum atomic E-state index is -0.386. The van der Waals surface area contributed by atoms with Crippen LogP contribution in [0.5, 0.6) is 0 Å². The number of carbonyl (C=O) groups excluding carboxylic acids is 1. The average molecular weight is 262 g/mol. The molecular formula is C15H19FN2O. The summed E-state index contributed by atoms with van der Waals surface area (Å²) in [6.45, 7) is 0. The Kier molecular flexibility index (Phi) is 3.17. The molecule has 2 aliphatic rings. The van der Waals surface area contributed by atoms with Gasteiger partial charge in [-0.2, -0.15) is 0 Å². The van der Waals surface area contributed by atoms with Crippen LogP contribution in [0.25, 0.3) is 0 Å². The Balaban J connectivity index is 1.76. The van der Waals surface area contributed by atoms with Gasteiger partial charge in [0.1, 0.15) is 5.82 Å². The van der Waals surface area contributed by atoms with E-state index in [1.165, 1.54) is 25.3 Å². The molecule has 1 aromatic rings. The van der Waals surface area contributed by atoms with Gasteiger partial charge in [-0.25, -0.2) is 4.39 Å². The molecule has 2 N–H and O–H groups in total. The van der Waals surface area contributed by atoms with E-state index in [0.29, 0.717) is 11.5 Å². The summed E-state index contributed by atoms with van der Waals surface area (Å²) in [5, 5.41) is 5.85. The normalized spacial score (nSPS) is 28.4. The van der Waals surface area contributed by atoms with Gasteiger partial charge in [0.2, 0.25) is 0 Å². The summed E-state index contributed by atoms with van der Waals surface area (Å²) in [4.78, 5) is 12.3. The Morgan fingerprint density at radius 1 is 1.32 bits per heavy atom. The van der Waals surface area contributed by atoms with Crippen LogP contribution in [0.15, 0.2) is 18.2 Å². The first-order valence-electron chi connectivity index (χ1n) is 6.96. The zero-order chi connectivity index (χ0) is 13.4. The molecule has 1 amide bonds. The predicted molar refractivity (Wildman–Crippen MR) is 72.6 cm³/mol. The highest BCUT2D eigenvalue weighted by Crippen LogP contribution is 2.44. The molecule has 0 aromatic heterocycles. The first-order chi connectivity index (χ1) is 9.19. The highest BCUT2D eigenvalue weighted by atomic mass is 19.1. The quantitative estimate of drug-likeness (QED) is 0.879. The summed E-state index contributed by atoms with van der Waals surface area (Å²) in [5.41, 5.74) is 0.674. The minimum Gasteiger partial charge on any atom is -0.385 e. The van der Waals surface area contributed by atoms with Crippen LogP contribution in [0, 0.1) is 17.7 Å². The maximum atomic E-state index is 13.6. The summed E-state index contributed by atoms with van der Waals surface area (Å²) in [6, 6.07) is 4.88. The number of amides is 1. The standard InChI is InChI=1S/C15H19FN2O/c1-17-14-11(3-2-4-12(14)16)15(19)18-13-8-9-5-6-10(13)7-9/h2-4,9-10,13,17H,5-8H2,1H3,(H,18,19). The molecule has 0 saturated heterocycles. The van der Waals surface area contributed by atoms with Crippen LogP contribution >= 0.6 is 0 Å². The van der Waals surface area contributed by atoms with Crippen molar-refractivity contribution in [1.82, 2.24) is 5.32 Å². The van der Waals surface area contributed by atoms with E-state index in [-0.39, 0.29) is 23.5 Å². The van der Waals surface area contributed by atoms with Crippen molar-refractivity contribution in [3.05, 3.63) is 29.6 Å². The molecule has 0 radical (unpaired) electrons. The molecular weight excluding hydrogens is 243 g/mol. The Bertz CT molecular complexity index is 503. The van der Waals surface area contributed by atoms with Gasteiger partial charge in [0, 0.05) is 13.1 Å². The topological polar surface area (TPSA) is 41.1 Å². The number of fused-ring (bicyclic) bond motifs is 2. The smallest absolute Gasteiger partial charge is 0.253 e. The van der Waals surface area contributed by atoms with Crippen LogP contribution in [0.4, 0.5) is 10.1 Å². The molecule has 2 fully saturated rings. The highest BCUT2D eigenvalue weighted by molar-refractivity contribution is 5.99. The first kappa shape index (κ1) is 12.5. The maximum absolute atomic E-state index is 13.6. The third-order valence-corrected chi connectivity index (χ3v) is 4.56. The lowest BCUT2D eigenvalue weighted by Gasteiger charge is -2.23. The number of para-hydroxylation sites is 1. The van der Waals surface area contributed by atoms with E-state index in [1.54, 1.807) is 19.2 Å². The molecule has 0 spiro atoms. The molecule has 0 heterocycles. The van der Waals surface area contributed by atoms with E-state index in [0.717, 1.165) is 12.3 Å². The highest BCUT2D eigenvalue weighted by Gasteiger charge is 2.40. The van der Waals surface area contributed by atoms with Crippen LogP contribution in [0.3, 0.4) is 0 Å². The second-order valence-electron chi connectivity index (χ2n) is 5.67. The molecule has 3 atom stereocenters. The van der Waals surface area contributed by atoms with Gasteiger partial charge in [-0.3, -0.25) is 4.79 Å². The SMILES string of the molecule is CNc1c(F)cccc1C(=O)NC1CC2CCC1C2. The lowest BCUT2D eigenvalue weighted by Crippen LogP contribution is -2.38. The molecule has 19 heavy (non-hydrogen) atoms. The van der Waals surface area contributed by atoms with E-state index in [2.05, 4.69) is 10.6 Å². The number of hydrogen-bond donors (Lipinski definition) is 2. The van der Waals surface area contributed by atoms with E-state index < -0.39 is 0 Å². The second-order valence-corrected chi connectivity index (χ2v) is 5.67. The Morgan fingerprint density at radius 3 is 2.79 bits per heavy atom. The number of benzene rings is 1. The Labute approximate surface area is 112 Å². The molecule has 3 rings (SSSR count). The molecule has 2 saturated carbocycles. The average Bonchev–Trinajstić information content (AvgIpc) is 3.00. The second kappa shape index (κ2) is 4.83. The number of hydrogen-bond acceptors (Lipinski definition) is 2. The van der Waals surface area contributed by atoms with Crippen LogP contribution < -0.4 is 10.6 Å². The van der Waals surface area contributed by atoms with Gasteiger partial charge < -0.3 is 10.6 Å². The van der Waals surface area contributed by atoms with Crippen molar-refractivity contribution in [1.29, 1.82) is 0 Å². The van der Waals surface area contributed by atoms with Crippen molar-refractivity contribution in [3.8, 4) is 0 Å². The summed E-state index contributed by atoms with van der Waals surface area (Å²) < 4.78 is 13.6. The molecule has 2 bridgehead atoms. The van der Waals surface area contributed by atoms with Crippen LogP contribution in [-0.2, 0) is 0 Å². The van der Waals surface area contributed by atoms with Gasteiger partial charge >= 0.3 is 0 Å². The molecule has 2 aliphatic carbocycles. The third-order valence-electron chi connectivity index (χ3n) is 4.56. The number of anilines is 1. The summed E-state index contributed by atoms with van der Waals surface area (Å²) >= 11 is 0. The van der Waals surface area contributed by atoms with Gasteiger partial charge in [0.25, 0.3) is 5.91 Å². The van der Waals surface area contributed by atoms with Crippen LogP contribution in [0.1, 0.15) is 36.0 Å². The van der Waals surface area contributed by atoms with Gasteiger partial charge in [-0.15, -0.1) is 0 Å². The van der Waals surface area contributed by atoms with E-state index in [1.807, 2.05) is 0 Å². The van der Waals surface area contributed by atoms with E-state index >= 15 is 0 Å². The molecule has 3 unspecified atom stereocenters. The maximum Gasteiger partial charge on any atom is 0.253 e. The van der Waals surface area contributed by atoms with Crippen molar-refractivity contribution >= 4 is 11.6 Å². The van der Waals surface area contributed by atoms with Crippen molar-refractivity contribution in [2.75, 3.05) is 12.4 Å². The van der Waals surface area contributed by atoms with Crippen LogP contribution in [-0.4, -0.2) is 19.0 Å². The molecule has 1 aromatic carbocycles. The Morgan fingerprint density at radius 2 is 2.16 bits per heavy atom. The fraction of sp³-hybridized carbons (Fsp3) is 0.533. The van der Waals surface area contributed by atoms with Gasteiger partial charge in [0.15, 0.2) is 0 Å². The molecule has 4 heteroatoms. The third kappa shape index (κ3) is 2.20. The Hall–Kier alpha value is -1.58.